The normalized spacial score (nSPS) is 17.4. The second-order valence-corrected chi connectivity index (χ2v) is 5.37. The van der Waals surface area contributed by atoms with Crippen LogP contribution in [0.4, 0.5) is 0 Å². The first-order valence-electron chi connectivity index (χ1n) is 7.34. The second kappa shape index (κ2) is 6.82. The Labute approximate surface area is 123 Å². The van der Waals surface area contributed by atoms with Gasteiger partial charge < -0.3 is 13.8 Å². The van der Waals surface area contributed by atoms with Gasteiger partial charge in [-0.15, -0.1) is 0 Å². The van der Waals surface area contributed by atoms with Gasteiger partial charge in [0.15, 0.2) is 5.82 Å². The number of aromatic nitrogens is 4. The summed E-state index contributed by atoms with van der Waals surface area (Å²) in [6, 6.07) is 0. The van der Waals surface area contributed by atoms with Gasteiger partial charge in [0.25, 0.3) is 0 Å². The molecular weight excluding hydrogens is 270 g/mol. The van der Waals surface area contributed by atoms with Gasteiger partial charge in [0, 0.05) is 32.0 Å². The second-order valence-electron chi connectivity index (χ2n) is 5.37. The Bertz CT molecular complexity index is 531. The summed E-state index contributed by atoms with van der Waals surface area (Å²) < 4.78 is 12.1. The average Bonchev–Trinajstić information content (AvgIpc) is 3.18. The van der Waals surface area contributed by atoms with Crippen LogP contribution in [-0.4, -0.2) is 51.4 Å². The van der Waals surface area contributed by atoms with Crippen LogP contribution in [0.15, 0.2) is 23.3 Å². The van der Waals surface area contributed by atoms with Gasteiger partial charge in [-0.25, -0.2) is 4.98 Å². The minimum Gasteiger partial charge on any atom is -0.383 e. The van der Waals surface area contributed by atoms with Crippen LogP contribution in [0.25, 0.3) is 0 Å². The minimum absolute atomic E-state index is 0.424. The lowest BCUT2D eigenvalue weighted by Crippen LogP contribution is -2.33. The number of hydrogen-bond donors (Lipinski definition) is 0. The third-order valence-corrected chi connectivity index (χ3v) is 4.03. The summed E-state index contributed by atoms with van der Waals surface area (Å²) in [6.45, 7) is 4.52. The molecule has 1 aliphatic heterocycles. The molecule has 7 heteroatoms. The van der Waals surface area contributed by atoms with Crippen LogP contribution in [0.2, 0.25) is 0 Å². The first-order chi connectivity index (χ1) is 10.4. The molecule has 0 saturated carbocycles. The highest BCUT2D eigenvalue weighted by Crippen LogP contribution is 2.25. The van der Waals surface area contributed by atoms with E-state index in [2.05, 4.69) is 24.6 Å². The lowest BCUT2D eigenvalue weighted by atomic mass is 9.96. The van der Waals surface area contributed by atoms with Gasteiger partial charge in [-0.3, -0.25) is 4.90 Å². The van der Waals surface area contributed by atoms with Crippen LogP contribution in [0, 0.1) is 0 Å². The molecule has 1 fully saturated rings. The fourth-order valence-corrected chi connectivity index (χ4v) is 2.79. The van der Waals surface area contributed by atoms with Crippen molar-refractivity contribution >= 4 is 0 Å². The number of piperidine rings is 1. The summed E-state index contributed by atoms with van der Waals surface area (Å²) in [4.78, 5) is 11.1. The Morgan fingerprint density at radius 1 is 1.33 bits per heavy atom. The SMILES string of the molecule is COCCn1ccnc1CN1CCC(c2ncon2)CC1. The van der Waals surface area contributed by atoms with Crippen LogP contribution >= 0.6 is 0 Å². The van der Waals surface area contributed by atoms with Gasteiger partial charge in [-0.1, -0.05) is 5.16 Å². The number of methoxy groups -OCH3 is 1. The number of nitrogens with zero attached hydrogens (tertiary/aromatic N) is 5. The average molecular weight is 291 g/mol. The maximum atomic E-state index is 5.13. The molecule has 0 N–H and O–H groups in total. The molecule has 0 amide bonds. The maximum absolute atomic E-state index is 5.13. The standard InChI is InChI=1S/C14H21N5O2/c1-20-9-8-19-7-4-15-13(19)10-18-5-2-12(3-6-18)14-16-11-21-17-14/h4,7,11-12H,2-3,5-6,8-10H2,1H3. The van der Waals surface area contributed by atoms with Gasteiger partial charge in [-0.2, -0.15) is 4.98 Å². The zero-order chi connectivity index (χ0) is 14.5. The van der Waals surface area contributed by atoms with Crippen LogP contribution in [-0.2, 0) is 17.8 Å². The summed E-state index contributed by atoms with van der Waals surface area (Å²) >= 11 is 0. The van der Waals surface area contributed by atoms with E-state index >= 15 is 0 Å². The van der Waals surface area contributed by atoms with Gasteiger partial charge in [0.1, 0.15) is 5.82 Å². The van der Waals surface area contributed by atoms with E-state index in [1.807, 2.05) is 12.4 Å². The van der Waals surface area contributed by atoms with Crippen molar-refractivity contribution in [3.63, 3.8) is 0 Å². The van der Waals surface area contributed by atoms with Crippen molar-refractivity contribution < 1.29 is 9.26 Å². The summed E-state index contributed by atoms with van der Waals surface area (Å²) in [7, 11) is 1.72. The molecule has 2 aromatic rings. The molecule has 0 spiro atoms. The van der Waals surface area contributed by atoms with Gasteiger partial charge >= 0.3 is 0 Å². The first kappa shape index (κ1) is 14.2. The van der Waals surface area contributed by atoms with Crippen molar-refractivity contribution in [1.29, 1.82) is 0 Å². The zero-order valence-electron chi connectivity index (χ0n) is 12.3. The van der Waals surface area contributed by atoms with Gasteiger partial charge in [0.05, 0.1) is 13.2 Å². The molecule has 114 valence electrons. The monoisotopic (exact) mass is 291 g/mol. The van der Waals surface area contributed by atoms with Crippen molar-refractivity contribution in [2.24, 2.45) is 0 Å². The molecule has 3 heterocycles. The van der Waals surface area contributed by atoms with E-state index in [1.165, 1.54) is 6.39 Å². The number of ether oxygens (including phenoxy) is 1. The molecule has 3 rings (SSSR count). The topological polar surface area (TPSA) is 69.2 Å². The van der Waals surface area contributed by atoms with Crippen molar-refractivity contribution in [2.75, 3.05) is 26.8 Å². The Balaban J connectivity index is 1.52. The highest BCUT2D eigenvalue weighted by Gasteiger charge is 2.24. The molecule has 2 aromatic heterocycles. The third kappa shape index (κ3) is 3.48. The predicted octanol–water partition coefficient (Wildman–Crippen LogP) is 1.29. The third-order valence-electron chi connectivity index (χ3n) is 4.03. The largest absolute Gasteiger partial charge is 0.383 e. The Hall–Kier alpha value is -1.73. The first-order valence-corrected chi connectivity index (χ1v) is 7.34. The number of rotatable bonds is 6. The molecule has 1 aliphatic rings. The lowest BCUT2D eigenvalue weighted by Gasteiger charge is -2.30. The molecule has 0 radical (unpaired) electrons. The molecule has 0 unspecified atom stereocenters. The Morgan fingerprint density at radius 2 is 2.19 bits per heavy atom. The Morgan fingerprint density at radius 3 is 2.90 bits per heavy atom. The van der Waals surface area contributed by atoms with Crippen LogP contribution in [0.3, 0.4) is 0 Å². The van der Waals surface area contributed by atoms with Crippen LogP contribution < -0.4 is 0 Å². The van der Waals surface area contributed by atoms with Crippen molar-refractivity contribution in [1.82, 2.24) is 24.6 Å². The number of imidazole rings is 1. The molecule has 0 aromatic carbocycles. The summed E-state index contributed by atoms with van der Waals surface area (Å²) in [5, 5.41) is 3.95. The van der Waals surface area contributed by atoms with E-state index in [0.717, 1.165) is 50.7 Å². The molecule has 0 atom stereocenters. The van der Waals surface area contributed by atoms with E-state index in [9.17, 15) is 0 Å². The quantitative estimate of drug-likeness (QED) is 0.799. The summed E-state index contributed by atoms with van der Waals surface area (Å²) in [6.07, 6.45) is 7.42. The molecule has 7 nitrogen and oxygen atoms in total. The van der Waals surface area contributed by atoms with Gasteiger partial charge in [0.2, 0.25) is 6.39 Å². The zero-order valence-corrected chi connectivity index (χ0v) is 12.3. The highest BCUT2D eigenvalue weighted by atomic mass is 16.5. The predicted molar refractivity (Wildman–Crippen MR) is 75.7 cm³/mol. The fourth-order valence-electron chi connectivity index (χ4n) is 2.79. The summed E-state index contributed by atoms with van der Waals surface area (Å²) in [5.74, 6) is 2.37. The number of hydrogen-bond acceptors (Lipinski definition) is 6. The van der Waals surface area contributed by atoms with Crippen LogP contribution in [0.1, 0.15) is 30.4 Å². The highest BCUT2D eigenvalue weighted by molar-refractivity contribution is 4.97. The molecule has 1 saturated heterocycles. The van der Waals surface area contributed by atoms with E-state index in [4.69, 9.17) is 9.26 Å². The summed E-state index contributed by atoms with van der Waals surface area (Å²) in [5.41, 5.74) is 0. The Kier molecular flexibility index (Phi) is 4.62. The maximum Gasteiger partial charge on any atom is 0.213 e. The lowest BCUT2D eigenvalue weighted by molar-refractivity contribution is 0.176. The fraction of sp³-hybridized carbons (Fsp3) is 0.643. The number of likely N-dealkylation sites (tertiary alicyclic amines) is 1. The molecule has 0 aliphatic carbocycles. The molecule has 0 bridgehead atoms. The minimum atomic E-state index is 0.424. The van der Waals surface area contributed by atoms with E-state index in [0.29, 0.717) is 12.5 Å². The van der Waals surface area contributed by atoms with E-state index in [-0.39, 0.29) is 0 Å². The van der Waals surface area contributed by atoms with E-state index in [1.54, 1.807) is 7.11 Å². The van der Waals surface area contributed by atoms with Crippen molar-refractivity contribution in [2.45, 2.75) is 31.8 Å². The molecule has 21 heavy (non-hydrogen) atoms. The van der Waals surface area contributed by atoms with Crippen molar-refractivity contribution in [3.8, 4) is 0 Å². The van der Waals surface area contributed by atoms with E-state index < -0.39 is 0 Å². The van der Waals surface area contributed by atoms with Gasteiger partial charge in [-0.05, 0) is 25.9 Å². The van der Waals surface area contributed by atoms with Crippen molar-refractivity contribution in [3.05, 3.63) is 30.4 Å². The smallest absolute Gasteiger partial charge is 0.213 e. The van der Waals surface area contributed by atoms with Crippen LogP contribution in [0.5, 0.6) is 0 Å². The molecular formula is C14H21N5O2.